The molecule has 35 heavy (non-hydrogen) atoms. The molecule has 1 amide bonds. The number of carbonyl (C=O) groups is 1. The van der Waals surface area contributed by atoms with Crippen LogP contribution in [-0.4, -0.2) is 58.5 Å². The lowest BCUT2D eigenvalue weighted by Crippen LogP contribution is -2.27. The molecule has 4 atom stereocenters. The van der Waals surface area contributed by atoms with Crippen LogP contribution >= 0.6 is 0 Å². The number of amides is 1. The number of nitrogens with zero attached hydrogens (tertiary/aromatic N) is 2. The van der Waals surface area contributed by atoms with E-state index < -0.39 is 17.3 Å². The van der Waals surface area contributed by atoms with Crippen molar-refractivity contribution in [2.24, 2.45) is 11.8 Å². The Hall–Kier alpha value is -1.67. The van der Waals surface area contributed by atoms with Crippen molar-refractivity contribution in [3.8, 4) is 0 Å². The summed E-state index contributed by atoms with van der Waals surface area (Å²) in [6, 6.07) is 0. The third-order valence-corrected chi connectivity index (χ3v) is 7.26. The molecule has 1 fully saturated rings. The average molecular weight is 499 g/mol. The molecular formula is C27H50N2O6. The largest absolute Gasteiger partial charge is 0.393 e. The van der Waals surface area contributed by atoms with E-state index in [0.717, 1.165) is 32.1 Å². The van der Waals surface area contributed by atoms with Gasteiger partial charge in [-0.1, -0.05) is 70.4 Å². The van der Waals surface area contributed by atoms with Crippen molar-refractivity contribution in [2.75, 3.05) is 20.2 Å². The van der Waals surface area contributed by atoms with Crippen molar-refractivity contribution in [1.82, 2.24) is 4.90 Å². The molecule has 0 bridgehead atoms. The minimum Gasteiger partial charge on any atom is -0.393 e. The van der Waals surface area contributed by atoms with Crippen LogP contribution in [0.15, 0.2) is 12.2 Å². The number of aliphatic hydroxyl groups excluding tert-OH is 2. The number of hydrogen-bond donors (Lipinski definition) is 2. The summed E-state index contributed by atoms with van der Waals surface area (Å²) in [5, 5.41) is 30.2. The van der Waals surface area contributed by atoms with Crippen LogP contribution in [0.4, 0.5) is 0 Å². The fourth-order valence-electron chi connectivity index (χ4n) is 5.07. The van der Waals surface area contributed by atoms with Crippen LogP contribution in [0.3, 0.4) is 0 Å². The van der Waals surface area contributed by atoms with Gasteiger partial charge in [0, 0.05) is 20.0 Å². The summed E-state index contributed by atoms with van der Waals surface area (Å²) in [5.41, 5.74) is 0. The van der Waals surface area contributed by atoms with E-state index in [4.69, 9.17) is 0 Å². The second kappa shape index (κ2) is 19.5. The maximum atomic E-state index is 12.2. The van der Waals surface area contributed by atoms with E-state index in [2.05, 4.69) is 23.9 Å². The van der Waals surface area contributed by atoms with Gasteiger partial charge in [-0.05, 0) is 56.8 Å². The highest BCUT2D eigenvalue weighted by atomic mass is 16.9. The van der Waals surface area contributed by atoms with Gasteiger partial charge in [0.05, 0.1) is 18.8 Å². The zero-order valence-electron chi connectivity index (χ0n) is 22.1. The Kier molecular flexibility index (Phi) is 17.5. The van der Waals surface area contributed by atoms with E-state index in [1.807, 2.05) is 0 Å². The lowest BCUT2D eigenvalue weighted by Gasteiger charge is -2.22. The number of hydrogen-bond acceptors (Lipinski definition) is 6. The SMILES string of the molecule is CCCCCCCCCC[C@@H]1[C@@H](C/C=C\CCCC(=O)N(C)CCCCO[N+](=O)[O-])[C@@H](O)C[C@H]1O. The van der Waals surface area contributed by atoms with E-state index in [1.165, 1.54) is 44.9 Å². The van der Waals surface area contributed by atoms with Crippen molar-refractivity contribution in [3.05, 3.63) is 22.3 Å². The first-order valence-electron chi connectivity index (χ1n) is 13.9. The lowest BCUT2D eigenvalue weighted by molar-refractivity contribution is -0.757. The Balaban J connectivity index is 2.19. The summed E-state index contributed by atoms with van der Waals surface area (Å²) in [6.07, 6.45) is 19.1. The Bertz CT molecular complexity index is 600. The molecule has 0 heterocycles. The van der Waals surface area contributed by atoms with E-state index >= 15 is 0 Å². The number of rotatable bonds is 21. The lowest BCUT2D eigenvalue weighted by atomic mass is 9.86. The third-order valence-electron chi connectivity index (χ3n) is 7.26. The van der Waals surface area contributed by atoms with Crippen LogP contribution in [0.2, 0.25) is 0 Å². The minimum atomic E-state index is -0.796. The number of aliphatic hydroxyl groups is 2. The second-order valence-corrected chi connectivity index (χ2v) is 10.1. The molecule has 204 valence electrons. The minimum absolute atomic E-state index is 0.0620. The smallest absolute Gasteiger partial charge is 0.294 e. The molecule has 0 unspecified atom stereocenters. The third kappa shape index (κ3) is 14.5. The van der Waals surface area contributed by atoms with Crippen molar-refractivity contribution >= 4 is 5.91 Å². The molecule has 0 aromatic carbocycles. The number of carbonyl (C=O) groups excluding carboxylic acids is 1. The Morgan fingerprint density at radius 1 is 0.971 bits per heavy atom. The van der Waals surface area contributed by atoms with Crippen LogP contribution in [0.5, 0.6) is 0 Å². The Morgan fingerprint density at radius 3 is 2.31 bits per heavy atom. The molecule has 8 heteroatoms. The highest BCUT2D eigenvalue weighted by Gasteiger charge is 2.40. The summed E-state index contributed by atoms with van der Waals surface area (Å²) in [7, 11) is 1.76. The first-order chi connectivity index (χ1) is 16.9. The molecule has 2 N–H and O–H groups in total. The standard InChI is InChI=1S/C27H50N2O6/c1-3-4-5-6-7-8-9-12-17-23-24(26(31)22-25(23)30)18-13-10-11-14-19-27(32)28(2)20-15-16-21-35-29(33)34/h10,13,23-26,30-31H,3-9,11-12,14-22H2,1-2H3/b13-10-/t23-,24-,25-,26+/m1/s1. The van der Waals surface area contributed by atoms with Crippen molar-refractivity contribution < 1.29 is 24.9 Å². The monoisotopic (exact) mass is 498 g/mol. The van der Waals surface area contributed by atoms with Crippen LogP contribution in [0.25, 0.3) is 0 Å². The van der Waals surface area contributed by atoms with Crippen LogP contribution in [-0.2, 0) is 9.63 Å². The molecule has 0 aromatic heterocycles. The van der Waals surface area contributed by atoms with Crippen molar-refractivity contribution in [2.45, 2.75) is 122 Å². The maximum Gasteiger partial charge on any atom is 0.294 e. The zero-order valence-corrected chi connectivity index (χ0v) is 22.1. The quantitative estimate of drug-likeness (QED) is 0.0943. The van der Waals surface area contributed by atoms with Crippen molar-refractivity contribution in [3.63, 3.8) is 0 Å². The average Bonchev–Trinajstić information content (AvgIpc) is 3.09. The van der Waals surface area contributed by atoms with E-state index in [-0.39, 0.29) is 24.3 Å². The highest BCUT2D eigenvalue weighted by Crippen LogP contribution is 2.38. The van der Waals surface area contributed by atoms with Gasteiger partial charge in [-0.3, -0.25) is 4.79 Å². The molecule has 0 saturated heterocycles. The summed E-state index contributed by atoms with van der Waals surface area (Å²) in [5.74, 6) is 0.381. The normalized spacial score (nSPS) is 22.1. The Labute approximate surface area is 212 Å². The van der Waals surface area contributed by atoms with Gasteiger partial charge in [0.15, 0.2) is 0 Å². The molecule has 0 aliphatic heterocycles. The van der Waals surface area contributed by atoms with Crippen molar-refractivity contribution in [1.29, 1.82) is 0 Å². The summed E-state index contributed by atoms with van der Waals surface area (Å²) in [4.78, 5) is 28.2. The topological polar surface area (TPSA) is 113 Å². The van der Waals surface area contributed by atoms with Crippen LogP contribution in [0.1, 0.15) is 110 Å². The van der Waals surface area contributed by atoms with Crippen LogP contribution in [0, 0.1) is 22.0 Å². The predicted molar refractivity (Wildman–Crippen MR) is 138 cm³/mol. The molecular weight excluding hydrogens is 448 g/mol. The van der Waals surface area contributed by atoms with Gasteiger partial charge in [0.25, 0.3) is 5.09 Å². The fourth-order valence-corrected chi connectivity index (χ4v) is 5.07. The molecule has 0 spiro atoms. The Morgan fingerprint density at radius 2 is 1.63 bits per heavy atom. The van der Waals surface area contributed by atoms with Gasteiger partial charge >= 0.3 is 0 Å². The fraction of sp³-hybridized carbons (Fsp3) is 0.889. The van der Waals surface area contributed by atoms with Gasteiger partial charge in [-0.15, -0.1) is 10.1 Å². The van der Waals surface area contributed by atoms with Crippen LogP contribution < -0.4 is 0 Å². The molecule has 0 radical (unpaired) electrons. The van der Waals surface area contributed by atoms with Gasteiger partial charge in [-0.25, -0.2) is 0 Å². The number of allylic oxidation sites excluding steroid dienone is 2. The van der Waals surface area contributed by atoms with Gasteiger partial charge in [-0.2, -0.15) is 0 Å². The predicted octanol–water partition coefficient (Wildman–Crippen LogP) is 5.44. The molecule has 1 aliphatic rings. The summed E-state index contributed by atoms with van der Waals surface area (Å²) < 4.78 is 0. The second-order valence-electron chi connectivity index (χ2n) is 10.1. The first kappa shape index (κ1) is 31.4. The molecule has 1 saturated carbocycles. The van der Waals surface area contributed by atoms with Gasteiger partial charge < -0.3 is 20.0 Å². The van der Waals surface area contributed by atoms with E-state index in [1.54, 1.807) is 11.9 Å². The number of unbranched alkanes of at least 4 members (excludes halogenated alkanes) is 9. The highest BCUT2D eigenvalue weighted by molar-refractivity contribution is 5.75. The zero-order chi connectivity index (χ0) is 25.9. The molecule has 0 aromatic rings. The molecule has 1 aliphatic carbocycles. The summed E-state index contributed by atoms with van der Waals surface area (Å²) in [6.45, 7) is 2.87. The first-order valence-corrected chi connectivity index (χ1v) is 13.9. The van der Waals surface area contributed by atoms with Gasteiger partial charge in [0.1, 0.15) is 0 Å². The van der Waals surface area contributed by atoms with E-state index in [9.17, 15) is 25.1 Å². The van der Waals surface area contributed by atoms with Gasteiger partial charge in [0.2, 0.25) is 5.91 Å². The molecule has 8 nitrogen and oxygen atoms in total. The maximum absolute atomic E-state index is 12.2. The molecule has 1 rings (SSSR count). The van der Waals surface area contributed by atoms with E-state index in [0.29, 0.717) is 32.2 Å². The summed E-state index contributed by atoms with van der Waals surface area (Å²) >= 11 is 0.